The molecule has 10 heteroatoms. The topological polar surface area (TPSA) is 80.6 Å². The van der Waals surface area contributed by atoms with Crippen molar-refractivity contribution >= 4 is 34.4 Å². The van der Waals surface area contributed by atoms with E-state index in [1.807, 2.05) is 31.2 Å². The summed E-state index contributed by atoms with van der Waals surface area (Å²) in [7, 11) is 0. The Hall–Kier alpha value is -2.75. The van der Waals surface area contributed by atoms with Crippen LogP contribution in [-0.4, -0.2) is 29.1 Å². The van der Waals surface area contributed by atoms with Crippen LogP contribution in [0.4, 0.5) is 18.3 Å². The van der Waals surface area contributed by atoms with Crippen molar-refractivity contribution in [1.82, 2.24) is 4.98 Å². The van der Waals surface area contributed by atoms with E-state index in [-0.39, 0.29) is 23.1 Å². The number of oxime groups is 1. The van der Waals surface area contributed by atoms with E-state index < -0.39 is 12.1 Å². The van der Waals surface area contributed by atoms with Crippen LogP contribution in [0.1, 0.15) is 16.8 Å². The third-order valence-corrected chi connectivity index (χ3v) is 3.63. The van der Waals surface area contributed by atoms with Gasteiger partial charge in [-0.25, -0.2) is 4.98 Å². The maximum Gasteiger partial charge on any atom is 0.471 e. The second-order valence-electron chi connectivity index (χ2n) is 4.84. The first-order valence-electron chi connectivity index (χ1n) is 6.84. The molecule has 0 aliphatic rings. The van der Waals surface area contributed by atoms with Crippen molar-refractivity contribution in [3.8, 4) is 0 Å². The Balaban J connectivity index is 2.01. The number of hydrogen-bond donors (Lipinski definition) is 1. The van der Waals surface area contributed by atoms with Gasteiger partial charge in [-0.05, 0) is 12.5 Å². The normalized spacial score (nSPS) is 11.9. The Morgan fingerprint density at radius 2 is 2.04 bits per heavy atom. The minimum atomic E-state index is -5.02. The number of aryl methyl sites for hydroxylation is 1. The van der Waals surface area contributed by atoms with Crippen LogP contribution in [0.15, 0.2) is 34.8 Å². The third kappa shape index (κ3) is 5.38. The fourth-order valence-corrected chi connectivity index (χ4v) is 2.31. The first-order chi connectivity index (χ1) is 11.8. The van der Waals surface area contributed by atoms with Crippen molar-refractivity contribution in [2.45, 2.75) is 19.7 Å². The van der Waals surface area contributed by atoms with Crippen molar-refractivity contribution in [3.05, 3.63) is 46.5 Å². The number of alkyl halides is 3. The van der Waals surface area contributed by atoms with Gasteiger partial charge in [0.2, 0.25) is 0 Å². The number of benzene rings is 1. The molecule has 2 rings (SSSR count). The number of nitrogens with one attached hydrogen (secondary N) is 1. The first kappa shape index (κ1) is 18.6. The standard InChI is InChI=1S/C15H12F3N3O3S/c1-9-2-4-10(5-3-9)7-24-21-11(6-22)12-8-25-14(19-12)20-13(23)15(16,17)18/h2-6,8H,7H2,1H3,(H,19,20,23). The van der Waals surface area contributed by atoms with Gasteiger partial charge in [0.1, 0.15) is 12.3 Å². The summed E-state index contributed by atoms with van der Waals surface area (Å²) in [4.78, 5) is 30.7. The Labute approximate surface area is 144 Å². The molecule has 1 heterocycles. The van der Waals surface area contributed by atoms with Crippen molar-refractivity contribution in [2.75, 3.05) is 5.32 Å². The summed E-state index contributed by atoms with van der Waals surface area (Å²) in [5, 5.41) is 6.22. The first-order valence-corrected chi connectivity index (χ1v) is 7.72. The summed E-state index contributed by atoms with van der Waals surface area (Å²) < 4.78 is 36.6. The molecule has 2 aromatic rings. The molecule has 1 aromatic heterocycles. The molecule has 132 valence electrons. The van der Waals surface area contributed by atoms with Gasteiger partial charge in [0.15, 0.2) is 17.1 Å². The number of thiazole rings is 1. The lowest BCUT2D eigenvalue weighted by Gasteiger charge is -2.04. The monoisotopic (exact) mass is 371 g/mol. The number of nitrogens with zero attached hydrogens (tertiary/aromatic N) is 2. The van der Waals surface area contributed by atoms with E-state index in [4.69, 9.17) is 4.84 Å². The molecule has 0 bridgehead atoms. The second-order valence-corrected chi connectivity index (χ2v) is 5.70. The Morgan fingerprint density at radius 3 is 2.64 bits per heavy atom. The zero-order valence-electron chi connectivity index (χ0n) is 12.8. The quantitative estimate of drug-likeness (QED) is 0.481. The summed E-state index contributed by atoms with van der Waals surface area (Å²) in [5.74, 6) is -2.14. The van der Waals surface area contributed by atoms with Crippen LogP contribution in [0, 0.1) is 6.92 Å². The van der Waals surface area contributed by atoms with E-state index >= 15 is 0 Å². The van der Waals surface area contributed by atoms with Gasteiger partial charge in [0, 0.05) is 5.38 Å². The van der Waals surface area contributed by atoms with Crippen molar-refractivity contribution < 1.29 is 27.6 Å². The largest absolute Gasteiger partial charge is 0.471 e. The Morgan fingerprint density at radius 1 is 1.36 bits per heavy atom. The molecule has 0 aliphatic carbocycles. The maximum absolute atomic E-state index is 12.2. The van der Waals surface area contributed by atoms with Gasteiger partial charge < -0.3 is 4.84 Å². The van der Waals surface area contributed by atoms with E-state index in [9.17, 15) is 22.8 Å². The van der Waals surface area contributed by atoms with E-state index in [1.165, 1.54) is 5.38 Å². The van der Waals surface area contributed by atoms with Crippen molar-refractivity contribution in [2.24, 2.45) is 5.16 Å². The van der Waals surface area contributed by atoms with Crippen LogP contribution in [-0.2, 0) is 21.0 Å². The number of carbonyl (C=O) groups excluding carboxylic acids is 2. The van der Waals surface area contributed by atoms with Gasteiger partial charge in [0.25, 0.3) is 0 Å². The van der Waals surface area contributed by atoms with E-state index in [0.717, 1.165) is 22.5 Å². The lowest BCUT2D eigenvalue weighted by atomic mass is 10.2. The lowest BCUT2D eigenvalue weighted by Crippen LogP contribution is -2.29. The average Bonchev–Trinajstić information content (AvgIpc) is 3.00. The molecule has 0 saturated carbocycles. The predicted molar refractivity (Wildman–Crippen MR) is 85.4 cm³/mol. The summed E-state index contributed by atoms with van der Waals surface area (Å²) in [6, 6.07) is 7.44. The summed E-state index contributed by atoms with van der Waals surface area (Å²) in [6.45, 7) is 2.05. The highest BCUT2D eigenvalue weighted by atomic mass is 32.1. The highest BCUT2D eigenvalue weighted by Crippen LogP contribution is 2.21. The lowest BCUT2D eigenvalue weighted by molar-refractivity contribution is -0.167. The van der Waals surface area contributed by atoms with Gasteiger partial charge in [-0.2, -0.15) is 13.2 Å². The molecule has 0 saturated heterocycles. The molecule has 0 fully saturated rings. The fraction of sp³-hybridized carbons (Fsp3) is 0.200. The minimum absolute atomic E-state index is 0.00128. The number of aldehydes is 1. The summed E-state index contributed by atoms with van der Waals surface area (Å²) >= 11 is 0.731. The number of anilines is 1. The highest BCUT2D eigenvalue weighted by Gasteiger charge is 2.39. The molecule has 0 spiro atoms. The Kier molecular flexibility index (Phi) is 5.86. The third-order valence-electron chi connectivity index (χ3n) is 2.87. The number of amides is 1. The van der Waals surface area contributed by atoms with Crippen LogP contribution in [0.2, 0.25) is 0 Å². The van der Waals surface area contributed by atoms with Gasteiger partial charge in [-0.3, -0.25) is 14.9 Å². The Bertz CT molecular complexity index is 785. The fourth-order valence-electron chi connectivity index (χ4n) is 1.61. The highest BCUT2D eigenvalue weighted by molar-refractivity contribution is 7.14. The predicted octanol–water partition coefficient (Wildman–Crippen LogP) is 3.07. The van der Waals surface area contributed by atoms with E-state index in [2.05, 4.69) is 10.1 Å². The van der Waals surface area contributed by atoms with E-state index in [1.54, 1.807) is 5.32 Å². The molecule has 1 amide bonds. The molecule has 1 N–H and O–H groups in total. The van der Waals surface area contributed by atoms with Gasteiger partial charge in [-0.15, -0.1) is 11.3 Å². The zero-order chi connectivity index (χ0) is 18.4. The van der Waals surface area contributed by atoms with Crippen molar-refractivity contribution in [3.63, 3.8) is 0 Å². The smallest absolute Gasteiger partial charge is 0.390 e. The number of halogens is 3. The van der Waals surface area contributed by atoms with Crippen LogP contribution >= 0.6 is 11.3 Å². The molecule has 0 aliphatic heterocycles. The van der Waals surface area contributed by atoms with Crippen LogP contribution in [0.3, 0.4) is 0 Å². The second kappa shape index (κ2) is 7.88. The van der Waals surface area contributed by atoms with E-state index in [0.29, 0.717) is 6.29 Å². The van der Waals surface area contributed by atoms with Crippen LogP contribution < -0.4 is 5.32 Å². The molecule has 0 radical (unpaired) electrons. The molecule has 6 nitrogen and oxygen atoms in total. The minimum Gasteiger partial charge on any atom is -0.390 e. The molecule has 1 aromatic carbocycles. The van der Waals surface area contributed by atoms with Crippen LogP contribution in [0.25, 0.3) is 0 Å². The van der Waals surface area contributed by atoms with Gasteiger partial charge >= 0.3 is 12.1 Å². The van der Waals surface area contributed by atoms with Crippen molar-refractivity contribution in [1.29, 1.82) is 0 Å². The number of carbonyl (C=O) groups is 2. The van der Waals surface area contributed by atoms with Gasteiger partial charge in [-0.1, -0.05) is 35.0 Å². The number of aromatic nitrogens is 1. The summed E-state index contributed by atoms with van der Waals surface area (Å²) in [5.41, 5.74) is 1.71. The number of rotatable bonds is 6. The molecular weight excluding hydrogens is 359 g/mol. The average molecular weight is 371 g/mol. The number of hydrogen-bond acceptors (Lipinski definition) is 6. The zero-order valence-corrected chi connectivity index (χ0v) is 13.6. The molecule has 25 heavy (non-hydrogen) atoms. The SMILES string of the molecule is Cc1ccc(CON=C(C=O)c2csc(NC(=O)C(F)(F)F)n2)cc1. The molecule has 0 unspecified atom stereocenters. The summed E-state index contributed by atoms with van der Waals surface area (Å²) in [6.07, 6.45) is -4.66. The maximum atomic E-state index is 12.2. The molecule has 0 atom stereocenters. The van der Waals surface area contributed by atoms with Gasteiger partial charge in [0.05, 0.1) is 0 Å². The molecular formula is C15H12F3N3O3S. The van der Waals surface area contributed by atoms with Crippen LogP contribution in [0.5, 0.6) is 0 Å².